The molecular weight excluding hydrogens is 616 g/mol. The van der Waals surface area contributed by atoms with Crippen LogP contribution in [0.25, 0.3) is 21.3 Å². The number of pyridine rings is 1. The quantitative estimate of drug-likeness (QED) is 0.0950. The van der Waals surface area contributed by atoms with E-state index >= 15 is 0 Å². The van der Waals surface area contributed by atoms with E-state index in [2.05, 4.69) is 0 Å². The number of ketones is 1. The lowest BCUT2D eigenvalue weighted by atomic mass is 9.94. The predicted octanol–water partition coefficient (Wildman–Crippen LogP) is 5.72. The molecule has 0 unspecified atom stereocenters. The van der Waals surface area contributed by atoms with Gasteiger partial charge in [-0.25, -0.2) is 9.78 Å². The van der Waals surface area contributed by atoms with Crippen LogP contribution in [0.3, 0.4) is 0 Å². The Morgan fingerprint density at radius 3 is 1.83 bits per heavy atom. The van der Waals surface area contributed by atoms with Crippen LogP contribution >= 0.6 is 11.3 Å². The van der Waals surface area contributed by atoms with Crippen LogP contribution in [0, 0.1) is 6.92 Å². The summed E-state index contributed by atoms with van der Waals surface area (Å²) in [4.78, 5) is 33.1. The molecule has 4 rings (SSSR count). The fraction of sp³-hybridized carbons (Fsp3) is 0.364. The van der Waals surface area contributed by atoms with Crippen molar-refractivity contribution in [2.24, 2.45) is 0 Å². The van der Waals surface area contributed by atoms with Crippen molar-refractivity contribution in [2.45, 2.75) is 20.3 Å². The highest BCUT2D eigenvalue weighted by Gasteiger charge is 2.30. The Balaban J connectivity index is 1.98. The summed E-state index contributed by atoms with van der Waals surface area (Å²) in [5.74, 6) is 1.02. The number of aromatic nitrogens is 1. The highest BCUT2D eigenvalue weighted by atomic mass is 32.1. The van der Waals surface area contributed by atoms with Gasteiger partial charge in [0.1, 0.15) is 16.3 Å². The molecule has 0 amide bonds. The van der Waals surface area contributed by atoms with E-state index in [-0.39, 0.29) is 34.9 Å². The number of nitrogen functional groups attached to an aromatic ring is 1. The number of nitrogens with two attached hydrogens (primary N) is 1. The van der Waals surface area contributed by atoms with E-state index in [1.54, 1.807) is 31.2 Å². The first-order chi connectivity index (χ1) is 22.2. The zero-order chi connectivity index (χ0) is 33.5. The van der Waals surface area contributed by atoms with Gasteiger partial charge in [0.15, 0.2) is 23.0 Å². The largest absolute Gasteiger partial charge is 0.493 e. The number of aryl methyl sites for hydroxylation is 1. The number of anilines is 1. The van der Waals surface area contributed by atoms with Gasteiger partial charge in [0, 0.05) is 23.1 Å². The van der Waals surface area contributed by atoms with Crippen molar-refractivity contribution in [3.8, 4) is 45.6 Å². The fourth-order valence-corrected chi connectivity index (χ4v) is 6.17. The maximum Gasteiger partial charge on any atom is 0.340 e. The Hall–Kier alpha value is -4.75. The number of rotatable bonds is 15. The summed E-state index contributed by atoms with van der Waals surface area (Å²) in [7, 11) is 8.89. The standard InChI is InChI=1S/C33H38N2O10S/c1-9-10-44-11-12-45-33(37)24-17(2)35-32-26(25(24)18-13-20(38-3)29(42-7)21(14-18)39-4)27(34)31(46-32)28(36)19-15-22(40-5)30(43-8)23(16-19)41-6/h13-16H,9-12,34H2,1-8H3. The zero-order valence-electron chi connectivity index (χ0n) is 27.2. The number of benzene rings is 2. The smallest absolute Gasteiger partial charge is 0.340 e. The number of methoxy groups -OCH3 is 6. The molecule has 0 atom stereocenters. The van der Waals surface area contributed by atoms with Crippen molar-refractivity contribution < 1.29 is 47.5 Å². The van der Waals surface area contributed by atoms with E-state index in [1.807, 2.05) is 6.92 Å². The fourth-order valence-electron chi connectivity index (χ4n) is 5.05. The number of hydrogen-bond acceptors (Lipinski definition) is 13. The number of esters is 1. The molecule has 0 saturated carbocycles. The van der Waals surface area contributed by atoms with Gasteiger partial charge in [-0.1, -0.05) is 6.92 Å². The van der Waals surface area contributed by atoms with Crippen molar-refractivity contribution in [1.82, 2.24) is 4.98 Å². The minimum absolute atomic E-state index is 0.0367. The van der Waals surface area contributed by atoms with Crippen LogP contribution in [0.4, 0.5) is 5.69 Å². The maximum absolute atomic E-state index is 14.0. The molecule has 2 heterocycles. The van der Waals surface area contributed by atoms with E-state index in [0.29, 0.717) is 68.1 Å². The predicted molar refractivity (Wildman–Crippen MR) is 175 cm³/mol. The molecule has 2 aromatic carbocycles. The molecule has 4 aromatic rings. The van der Waals surface area contributed by atoms with Crippen LogP contribution < -0.4 is 34.2 Å². The summed E-state index contributed by atoms with van der Waals surface area (Å²) in [5, 5.41) is 0.398. The van der Waals surface area contributed by atoms with Gasteiger partial charge in [0.05, 0.1) is 66.2 Å². The molecule has 12 nitrogen and oxygen atoms in total. The summed E-state index contributed by atoms with van der Waals surface area (Å²) in [6, 6.07) is 6.51. The van der Waals surface area contributed by atoms with E-state index in [9.17, 15) is 9.59 Å². The SMILES string of the molecule is CCCOCCOC(=O)c1c(C)nc2sc(C(=O)c3cc(OC)c(OC)c(OC)c3)c(N)c2c1-c1cc(OC)c(OC)c(OC)c1. The highest BCUT2D eigenvalue weighted by molar-refractivity contribution is 7.21. The van der Waals surface area contributed by atoms with Crippen molar-refractivity contribution in [2.75, 3.05) is 68.2 Å². The van der Waals surface area contributed by atoms with E-state index in [1.165, 1.54) is 42.7 Å². The Morgan fingerprint density at radius 2 is 1.33 bits per heavy atom. The van der Waals surface area contributed by atoms with Crippen LogP contribution in [0.2, 0.25) is 0 Å². The lowest BCUT2D eigenvalue weighted by Gasteiger charge is -2.18. The lowest BCUT2D eigenvalue weighted by Crippen LogP contribution is -2.14. The third-order valence-electron chi connectivity index (χ3n) is 7.16. The second-order valence-electron chi connectivity index (χ2n) is 9.88. The summed E-state index contributed by atoms with van der Waals surface area (Å²) in [6.45, 7) is 4.51. The van der Waals surface area contributed by atoms with Gasteiger partial charge in [-0.3, -0.25) is 4.79 Å². The zero-order valence-corrected chi connectivity index (χ0v) is 28.0. The molecule has 0 saturated heterocycles. The maximum atomic E-state index is 14.0. The molecule has 0 aliphatic carbocycles. The molecule has 0 bridgehead atoms. The van der Waals surface area contributed by atoms with Gasteiger partial charge in [-0.05, 0) is 43.2 Å². The second kappa shape index (κ2) is 15.0. The highest BCUT2D eigenvalue weighted by Crippen LogP contribution is 2.48. The van der Waals surface area contributed by atoms with Gasteiger partial charge in [0.2, 0.25) is 17.3 Å². The minimum atomic E-state index is -0.626. The van der Waals surface area contributed by atoms with Crippen LogP contribution in [-0.4, -0.2) is 79.2 Å². The number of carbonyl (C=O) groups is 2. The molecular formula is C33H38N2O10S. The molecule has 0 spiro atoms. The summed E-state index contributed by atoms with van der Waals surface area (Å²) in [5.41, 5.74) is 8.64. The van der Waals surface area contributed by atoms with Crippen molar-refractivity contribution in [1.29, 1.82) is 0 Å². The minimum Gasteiger partial charge on any atom is -0.493 e. The van der Waals surface area contributed by atoms with E-state index in [4.69, 9.17) is 48.6 Å². The molecule has 0 radical (unpaired) electrons. The van der Waals surface area contributed by atoms with Gasteiger partial charge in [-0.2, -0.15) is 0 Å². The molecule has 2 N–H and O–H groups in total. The average Bonchev–Trinajstić information content (AvgIpc) is 3.40. The Labute approximate surface area is 271 Å². The van der Waals surface area contributed by atoms with Gasteiger partial charge < -0.3 is 43.6 Å². The third-order valence-corrected chi connectivity index (χ3v) is 8.26. The summed E-state index contributed by atoms with van der Waals surface area (Å²) >= 11 is 1.10. The number of fused-ring (bicyclic) bond motifs is 1. The molecule has 46 heavy (non-hydrogen) atoms. The first kappa shape index (κ1) is 34.1. The number of hydrogen-bond donors (Lipinski definition) is 1. The second-order valence-corrected chi connectivity index (χ2v) is 10.9. The van der Waals surface area contributed by atoms with Crippen molar-refractivity contribution in [3.05, 3.63) is 46.0 Å². The van der Waals surface area contributed by atoms with Crippen LogP contribution in [0.15, 0.2) is 24.3 Å². The van der Waals surface area contributed by atoms with Crippen LogP contribution in [-0.2, 0) is 9.47 Å². The average molecular weight is 655 g/mol. The first-order valence-electron chi connectivity index (χ1n) is 14.3. The van der Waals surface area contributed by atoms with Gasteiger partial charge >= 0.3 is 5.97 Å². The van der Waals surface area contributed by atoms with Crippen molar-refractivity contribution in [3.63, 3.8) is 0 Å². The Bertz CT molecular complexity index is 1700. The number of thiophene rings is 1. The number of carbonyl (C=O) groups excluding carboxylic acids is 2. The molecule has 0 aliphatic heterocycles. The monoisotopic (exact) mass is 654 g/mol. The molecule has 246 valence electrons. The number of ether oxygens (including phenoxy) is 8. The Morgan fingerprint density at radius 1 is 0.783 bits per heavy atom. The Kier molecular flexibility index (Phi) is 11.1. The summed E-state index contributed by atoms with van der Waals surface area (Å²) < 4.78 is 44.2. The molecule has 13 heteroatoms. The number of nitrogens with zero attached hydrogens (tertiary/aromatic N) is 1. The van der Waals surface area contributed by atoms with E-state index in [0.717, 1.165) is 17.8 Å². The molecule has 2 aromatic heterocycles. The molecule has 0 fully saturated rings. The molecule has 0 aliphatic rings. The lowest BCUT2D eigenvalue weighted by molar-refractivity contribution is 0.0318. The van der Waals surface area contributed by atoms with Crippen molar-refractivity contribution >= 4 is 39.0 Å². The van der Waals surface area contributed by atoms with E-state index < -0.39 is 11.8 Å². The van der Waals surface area contributed by atoms with Gasteiger partial charge in [0.25, 0.3) is 0 Å². The first-order valence-corrected chi connectivity index (χ1v) is 15.1. The topological polar surface area (TPSA) is 147 Å². The van der Waals surface area contributed by atoms with Crippen LogP contribution in [0.1, 0.15) is 44.6 Å². The normalized spacial score (nSPS) is 10.9. The summed E-state index contributed by atoms with van der Waals surface area (Å²) in [6.07, 6.45) is 0.841. The third kappa shape index (κ3) is 6.46. The van der Waals surface area contributed by atoms with Crippen LogP contribution in [0.5, 0.6) is 34.5 Å². The van der Waals surface area contributed by atoms with Gasteiger partial charge in [-0.15, -0.1) is 11.3 Å².